The van der Waals surface area contributed by atoms with E-state index in [1.807, 2.05) is 14.0 Å². The molecular weight excluding hydrogens is 252 g/mol. The van der Waals surface area contributed by atoms with Gasteiger partial charge in [-0.1, -0.05) is 11.6 Å². The number of hydrogen-bond acceptors (Lipinski definition) is 3. The van der Waals surface area contributed by atoms with E-state index in [1.165, 1.54) is 6.42 Å². The minimum Gasteiger partial charge on any atom is -0.393 e. The Bertz CT molecular complexity index is 400. The van der Waals surface area contributed by atoms with E-state index in [1.54, 1.807) is 4.68 Å². The van der Waals surface area contributed by atoms with Gasteiger partial charge < -0.3 is 9.84 Å². The monoisotopic (exact) mass is 272 g/mol. The first kappa shape index (κ1) is 13.8. The van der Waals surface area contributed by atoms with Gasteiger partial charge in [-0.3, -0.25) is 4.68 Å². The first-order chi connectivity index (χ1) is 8.58. The summed E-state index contributed by atoms with van der Waals surface area (Å²) in [4.78, 5) is 0. The minimum absolute atomic E-state index is 0.196. The molecule has 102 valence electrons. The number of halogens is 1. The molecule has 0 amide bonds. The highest BCUT2D eigenvalue weighted by atomic mass is 35.5. The fourth-order valence-electron chi connectivity index (χ4n) is 2.51. The molecule has 0 aliphatic carbocycles. The Morgan fingerprint density at radius 3 is 2.89 bits per heavy atom. The third-order valence-corrected chi connectivity index (χ3v) is 3.99. The lowest BCUT2D eigenvalue weighted by molar-refractivity contribution is -0.0150. The summed E-state index contributed by atoms with van der Waals surface area (Å²) >= 11 is 6.18. The fraction of sp³-hybridized carbons (Fsp3) is 0.769. The standard InChI is InChI=1S/C13H21ClN2O2/c1-9-13(14)12(16(2)15-9)8-10(17)7-11-5-3-4-6-18-11/h10-11,17H,3-8H2,1-2H3. The number of aromatic nitrogens is 2. The Morgan fingerprint density at radius 1 is 1.56 bits per heavy atom. The quantitative estimate of drug-likeness (QED) is 0.914. The van der Waals surface area contributed by atoms with E-state index >= 15 is 0 Å². The molecule has 1 aliphatic heterocycles. The zero-order valence-corrected chi connectivity index (χ0v) is 11.8. The maximum absolute atomic E-state index is 10.1. The second-order valence-corrected chi connectivity index (χ2v) is 5.43. The maximum Gasteiger partial charge on any atom is 0.0847 e. The van der Waals surface area contributed by atoms with Gasteiger partial charge >= 0.3 is 0 Å². The molecule has 1 saturated heterocycles. The summed E-state index contributed by atoms with van der Waals surface area (Å²) in [5.74, 6) is 0. The van der Waals surface area contributed by atoms with Crippen LogP contribution in [0.25, 0.3) is 0 Å². The number of aryl methyl sites for hydroxylation is 2. The van der Waals surface area contributed by atoms with Crippen molar-refractivity contribution in [1.82, 2.24) is 9.78 Å². The van der Waals surface area contributed by atoms with Gasteiger partial charge in [0.05, 0.1) is 28.6 Å². The summed E-state index contributed by atoms with van der Waals surface area (Å²) in [6, 6.07) is 0. The summed E-state index contributed by atoms with van der Waals surface area (Å²) in [5, 5.41) is 15.1. The average molecular weight is 273 g/mol. The third kappa shape index (κ3) is 3.25. The average Bonchev–Trinajstić information content (AvgIpc) is 2.57. The molecule has 1 fully saturated rings. The van der Waals surface area contributed by atoms with Crippen LogP contribution in [-0.2, 0) is 18.2 Å². The van der Waals surface area contributed by atoms with E-state index in [0.29, 0.717) is 17.9 Å². The molecule has 0 aromatic carbocycles. The van der Waals surface area contributed by atoms with E-state index in [4.69, 9.17) is 16.3 Å². The molecule has 1 aromatic rings. The second kappa shape index (κ2) is 6.04. The molecule has 1 N–H and O–H groups in total. The summed E-state index contributed by atoms with van der Waals surface area (Å²) in [7, 11) is 1.86. The fourth-order valence-corrected chi connectivity index (χ4v) is 2.74. The molecule has 2 unspecified atom stereocenters. The van der Waals surface area contributed by atoms with Crippen molar-refractivity contribution in [2.75, 3.05) is 6.61 Å². The number of ether oxygens (including phenoxy) is 1. The van der Waals surface area contributed by atoms with E-state index in [-0.39, 0.29) is 6.10 Å². The zero-order valence-electron chi connectivity index (χ0n) is 11.0. The van der Waals surface area contributed by atoms with Crippen molar-refractivity contribution >= 4 is 11.6 Å². The van der Waals surface area contributed by atoms with E-state index in [9.17, 15) is 5.11 Å². The highest BCUT2D eigenvalue weighted by Gasteiger charge is 2.21. The van der Waals surface area contributed by atoms with Crippen molar-refractivity contribution in [2.45, 2.75) is 51.2 Å². The molecule has 0 radical (unpaired) electrons. The van der Waals surface area contributed by atoms with Gasteiger partial charge in [0, 0.05) is 20.1 Å². The van der Waals surface area contributed by atoms with Gasteiger partial charge in [0.2, 0.25) is 0 Å². The van der Waals surface area contributed by atoms with Gasteiger partial charge in [0.15, 0.2) is 0 Å². The maximum atomic E-state index is 10.1. The van der Waals surface area contributed by atoms with Gasteiger partial charge in [0.25, 0.3) is 0 Å². The zero-order chi connectivity index (χ0) is 13.1. The molecule has 4 nitrogen and oxygen atoms in total. The molecule has 1 aromatic heterocycles. The van der Waals surface area contributed by atoms with Gasteiger partial charge in [-0.2, -0.15) is 5.10 Å². The van der Waals surface area contributed by atoms with Crippen molar-refractivity contribution in [1.29, 1.82) is 0 Å². The number of nitrogens with zero attached hydrogens (tertiary/aromatic N) is 2. The van der Waals surface area contributed by atoms with Crippen LogP contribution < -0.4 is 0 Å². The summed E-state index contributed by atoms with van der Waals surface area (Å²) in [6.07, 6.45) is 4.39. The van der Waals surface area contributed by atoms with Crippen LogP contribution in [0.4, 0.5) is 0 Å². The van der Waals surface area contributed by atoms with Gasteiger partial charge in [0.1, 0.15) is 0 Å². The molecule has 18 heavy (non-hydrogen) atoms. The third-order valence-electron chi connectivity index (χ3n) is 3.50. The van der Waals surface area contributed by atoms with Crippen molar-refractivity contribution in [3.05, 3.63) is 16.4 Å². The minimum atomic E-state index is -0.416. The highest BCUT2D eigenvalue weighted by molar-refractivity contribution is 6.31. The number of rotatable bonds is 4. The van der Waals surface area contributed by atoms with Crippen LogP contribution in [0.3, 0.4) is 0 Å². The van der Waals surface area contributed by atoms with Crippen LogP contribution in [0, 0.1) is 6.92 Å². The lowest BCUT2D eigenvalue weighted by atomic mass is 10.0. The van der Waals surface area contributed by atoms with Crippen molar-refractivity contribution in [2.24, 2.45) is 7.05 Å². The van der Waals surface area contributed by atoms with Crippen LogP contribution in [0.2, 0.25) is 5.02 Å². The van der Waals surface area contributed by atoms with Crippen LogP contribution >= 0.6 is 11.6 Å². The van der Waals surface area contributed by atoms with E-state index in [0.717, 1.165) is 30.8 Å². The smallest absolute Gasteiger partial charge is 0.0847 e. The van der Waals surface area contributed by atoms with Gasteiger partial charge in [-0.05, 0) is 32.6 Å². The molecular formula is C13H21ClN2O2. The van der Waals surface area contributed by atoms with Crippen molar-refractivity contribution in [3.8, 4) is 0 Å². The SMILES string of the molecule is Cc1nn(C)c(CC(O)CC2CCCCO2)c1Cl. The Balaban J connectivity index is 1.91. The van der Waals surface area contributed by atoms with Crippen LogP contribution in [0.15, 0.2) is 0 Å². The first-order valence-corrected chi connectivity index (χ1v) is 6.93. The van der Waals surface area contributed by atoms with E-state index < -0.39 is 6.10 Å². The van der Waals surface area contributed by atoms with E-state index in [2.05, 4.69) is 5.10 Å². The Labute approximate surface area is 113 Å². The normalized spacial score (nSPS) is 22.1. The highest BCUT2D eigenvalue weighted by Crippen LogP contribution is 2.23. The molecule has 2 rings (SSSR count). The molecule has 1 aliphatic rings. The topological polar surface area (TPSA) is 47.3 Å². The van der Waals surface area contributed by atoms with Crippen LogP contribution in [0.5, 0.6) is 0 Å². The molecule has 0 spiro atoms. The lowest BCUT2D eigenvalue weighted by Crippen LogP contribution is -2.26. The lowest BCUT2D eigenvalue weighted by Gasteiger charge is -2.24. The number of aliphatic hydroxyl groups is 1. The van der Waals surface area contributed by atoms with Crippen molar-refractivity contribution in [3.63, 3.8) is 0 Å². The summed E-state index contributed by atoms with van der Waals surface area (Å²) < 4.78 is 7.39. The molecule has 2 atom stereocenters. The summed E-state index contributed by atoms with van der Waals surface area (Å²) in [6.45, 7) is 2.70. The van der Waals surface area contributed by atoms with Gasteiger partial charge in [-0.25, -0.2) is 0 Å². The Hall–Kier alpha value is -0.580. The number of hydrogen-bond donors (Lipinski definition) is 1. The Morgan fingerprint density at radius 2 is 2.33 bits per heavy atom. The largest absolute Gasteiger partial charge is 0.393 e. The molecule has 0 saturated carbocycles. The van der Waals surface area contributed by atoms with Gasteiger partial charge in [-0.15, -0.1) is 0 Å². The van der Waals surface area contributed by atoms with Crippen LogP contribution in [0.1, 0.15) is 37.1 Å². The molecule has 5 heteroatoms. The predicted molar refractivity (Wildman–Crippen MR) is 70.9 cm³/mol. The molecule has 0 bridgehead atoms. The summed E-state index contributed by atoms with van der Waals surface area (Å²) in [5.41, 5.74) is 1.72. The van der Waals surface area contributed by atoms with Crippen LogP contribution in [-0.4, -0.2) is 33.7 Å². The molecule has 2 heterocycles. The number of aliphatic hydroxyl groups excluding tert-OH is 1. The van der Waals surface area contributed by atoms with Crippen molar-refractivity contribution < 1.29 is 9.84 Å². The first-order valence-electron chi connectivity index (χ1n) is 6.55. The Kier molecular flexibility index (Phi) is 4.65. The predicted octanol–water partition coefficient (Wildman–Crippen LogP) is 2.24. The second-order valence-electron chi connectivity index (χ2n) is 5.05.